The van der Waals surface area contributed by atoms with Gasteiger partial charge in [-0.3, -0.25) is 0 Å². The van der Waals surface area contributed by atoms with Gasteiger partial charge < -0.3 is 0 Å². The summed E-state index contributed by atoms with van der Waals surface area (Å²) in [6.07, 6.45) is 22.7. The SMILES string of the molecule is C=CCCC(CC/C=C/CC)CC/C=C/CCC. The Balaban J connectivity index is 3.82. The van der Waals surface area contributed by atoms with E-state index in [0.29, 0.717) is 0 Å². The first kappa shape index (κ1) is 17.2. The molecule has 0 spiro atoms. The zero-order valence-electron chi connectivity index (χ0n) is 12.5. The molecule has 0 aromatic rings. The molecule has 0 N–H and O–H groups in total. The Morgan fingerprint density at radius 1 is 0.778 bits per heavy atom. The van der Waals surface area contributed by atoms with E-state index >= 15 is 0 Å². The first-order valence-electron chi connectivity index (χ1n) is 7.76. The van der Waals surface area contributed by atoms with Crippen molar-refractivity contribution in [1.29, 1.82) is 0 Å². The molecule has 0 rings (SSSR count). The van der Waals surface area contributed by atoms with Crippen molar-refractivity contribution in [3.8, 4) is 0 Å². The Hall–Kier alpha value is -0.780. The summed E-state index contributed by atoms with van der Waals surface area (Å²) in [5, 5.41) is 0. The van der Waals surface area contributed by atoms with E-state index in [4.69, 9.17) is 0 Å². The van der Waals surface area contributed by atoms with Crippen LogP contribution in [0.4, 0.5) is 0 Å². The van der Waals surface area contributed by atoms with Crippen molar-refractivity contribution < 1.29 is 0 Å². The molecule has 0 aromatic carbocycles. The molecule has 1 atom stereocenters. The van der Waals surface area contributed by atoms with Gasteiger partial charge in [0.1, 0.15) is 0 Å². The zero-order valence-corrected chi connectivity index (χ0v) is 12.5. The molecule has 0 aliphatic rings. The number of hydrogen-bond acceptors (Lipinski definition) is 0. The van der Waals surface area contributed by atoms with Gasteiger partial charge in [0, 0.05) is 0 Å². The summed E-state index contributed by atoms with van der Waals surface area (Å²) in [4.78, 5) is 0. The van der Waals surface area contributed by atoms with Crippen molar-refractivity contribution in [2.75, 3.05) is 0 Å². The maximum absolute atomic E-state index is 3.84. The molecule has 18 heavy (non-hydrogen) atoms. The van der Waals surface area contributed by atoms with Crippen LogP contribution < -0.4 is 0 Å². The lowest BCUT2D eigenvalue weighted by molar-refractivity contribution is 0.429. The molecule has 0 fully saturated rings. The maximum Gasteiger partial charge on any atom is -0.0348 e. The predicted octanol–water partition coefficient (Wildman–Crippen LogP) is 6.45. The van der Waals surface area contributed by atoms with Crippen LogP contribution in [-0.2, 0) is 0 Å². The fraction of sp³-hybridized carbons (Fsp3) is 0.667. The Morgan fingerprint density at radius 2 is 1.33 bits per heavy atom. The first-order valence-corrected chi connectivity index (χ1v) is 7.76. The topological polar surface area (TPSA) is 0 Å². The van der Waals surface area contributed by atoms with Crippen LogP contribution in [-0.4, -0.2) is 0 Å². The Bertz CT molecular complexity index is 222. The highest BCUT2D eigenvalue weighted by molar-refractivity contribution is 4.84. The van der Waals surface area contributed by atoms with E-state index in [2.05, 4.69) is 50.8 Å². The van der Waals surface area contributed by atoms with Gasteiger partial charge in [0.05, 0.1) is 0 Å². The van der Waals surface area contributed by atoms with Gasteiger partial charge in [0.15, 0.2) is 0 Å². The molecule has 0 aromatic heterocycles. The monoisotopic (exact) mass is 248 g/mol. The van der Waals surface area contributed by atoms with Crippen molar-refractivity contribution in [3.05, 3.63) is 37.0 Å². The average Bonchev–Trinajstić information content (AvgIpc) is 2.39. The normalized spacial score (nSPS) is 13.4. The minimum atomic E-state index is 0.871. The van der Waals surface area contributed by atoms with Crippen LogP contribution in [0.25, 0.3) is 0 Å². The fourth-order valence-electron chi connectivity index (χ4n) is 2.14. The first-order chi connectivity index (χ1) is 8.85. The summed E-state index contributed by atoms with van der Waals surface area (Å²) in [6, 6.07) is 0. The Morgan fingerprint density at radius 3 is 1.89 bits per heavy atom. The van der Waals surface area contributed by atoms with Gasteiger partial charge in [0.2, 0.25) is 0 Å². The number of hydrogen-bond donors (Lipinski definition) is 0. The lowest BCUT2D eigenvalue weighted by atomic mass is 9.92. The second kappa shape index (κ2) is 14.3. The van der Waals surface area contributed by atoms with Crippen molar-refractivity contribution >= 4 is 0 Å². The summed E-state index contributed by atoms with van der Waals surface area (Å²) in [5.74, 6) is 0.871. The summed E-state index contributed by atoms with van der Waals surface area (Å²) in [7, 11) is 0. The Kier molecular flexibility index (Phi) is 13.7. The molecule has 0 amide bonds. The molecule has 0 heteroatoms. The van der Waals surface area contributed by atoms with Gasteiger partial charge in [-0.05, 0) is 57.3 Å². The molecular formula is C18H32. The van der Waals surface area contributed by atoms with Gasteiger partial charge in [-0.1, -0.05) is 50.6 Å². The molecule has 0 radical (unpaired) electrons. The third-order valence-electron chi connectivity index (χ3n) is 3.29. The predicted molar refractivity (Wildman–Crippen MR) is 84.9 cm³/mol. The van der Waals surface area contributed by atoms with Crippen LogP contribution in [0, 0.1) is 5.92 Å². The molecular weight excluding hydrogens is 216 g/mol. The van der Waals surface area contributed by atoms with Crippen LogP contribution in [0.1, 0.15) is 71.6 Å². The highest BCUT2D eigenvalue weighted by Gasteiger charge is 2.05. The molecule has 0 saturated carbocycles. The van der Waals surface area contributed by atoms with Crippen LogP contribution in [0.15, 0.2) is 37.0 Å². The smallest absolute Gasteiger partial charge is 0.0348 e. The van der Waals surface area contributed by atoms with Crippen molar-refractivity contribution in [2.24, 2.45) is 5.92 Å². The van der Waals surface area contributed by atoms with Crippen LogP contribution in [0.3, 0.4) is 0 Å². The summed E-state index contributed by atoms with van der Waals surface area (Å²) < 4.78 is 0. The number of rotatable bonds is 12. The van der Waals surface area contributed by atoms with E-state index in [-0.39, 0.29) is 0 Å². The van der Waals surface area contributed by atoms with E-state index < -0.39 is 0 Å². The third kappa shape index (κ3) is 11.7. The van der Waals surface area contributed by atoms with Gasteiger partial charge >= 0.3 is 0 Å². The molecule has 0 bridgehead atoms. The largest absolute Gasteiger partial charge is 0.103 e. The van der Waals surface area contributed by atoms with Crippen molar-refractivity contribution in [1.82, 2.24) is 0 Å². The summed E-state index contributed by atoms with van der Waals surface area (Å²) in [5.41, 5.74) is 0. The van der Waals surface area contributed by atoms with Gasteiger partial charge in [-0.2, -0.15) is 0 Å². The molecule has 0 aliphatic carbocycles. The quantitative estimate of drug-likeness (QED) is 0.348. The molecule has 0 aliphatic heterocycles. The number of allylic oxidation sites excluding steroid dienone is 5. The third-order valence-corrected chi connectivity index (χ3v) is 3.29. The number of unbranched alkanes of at least 4 members (excludes halogenated alkanes) is 1. The molecule has 1 unspecified atom stereocenters. The summed E-state index contributed by atoms with van der Waals surface area (Å²) >= 11 is 0. The maximum atomic E-state index is 3.84. The van der Waals surface area contributed by atoms with Crippen molar-refractivity contribution in [2.45, 2.75) is 71.6 Å². The van der Waals surface area contributed by atoms with Gasteiger partial charge in [-0.15, -0.1) is 6.58 Å². The lowest BCUT2D eigenvalue weighted by Gasteiger charge is -2.13. The van der Waals surface area contributed by atoms with Crippen molar-refractivity contribution in [3.63, 3.8) is 0 Å². The second-order valence-corrected chi connectivity index (χ2v) is 5.03. The fourth-order valence-corrected chi connectivity index (χ4v) is 2.14. The minimum absolute atomic E-state index is 0.871. The van der Waals surface area contributed by atoms with E-state index in [9.17, 15) is 0 Å². The van der Waals surface area contributed by atoms with E-state index in [1.54, 1.807) is 0 Å². The minimum Gasteiger partial charge on any atom is -0.103 e. The van der Waals surface area contributed by atoms with Crippen LogP contribution >= 0.6 is 0 Å². The molecule has 0 heterocycles. The summed E-state index contributed by atoms with van der Waals surface area (Å²) in [6.45, 7) is 8.27. The van der Waals surface area contributed by atoms with Gasteiger partial charge in [0.25, 0.3) is 0 Å². The zero-order chi connectivity index (χ0) is 13.5. The molecule has 104 valence electrons. The van der Waals surface area contributed by atoms with E-state index in [1.807, 2.05) is 0 Å². The lowest BCUT2D eigenvalue weighted by Crippen LogP contribution is -1.99. The highest BCUT2D eigenvalue weighted by atomic mass is 14.1. The Labute approximate surface area is 115 Å². The molecule has 0 nitrogen and oxygen atoms in total. The second-order valence-electron chi connectivity index (χ2n) is 5.03. The van der Waals surface area contributed by atoms with Crippen LogP contribution in [0.2, 0.25) is 0 Å². The molecule has 0 saturated heterocycles. The standard InChI is InChI=1S/C18H32/c1-4-7-10-12-14-17-18(15-9-6-3)16-13-11-8-5-2/h6,8,10-12,18H,3-5,7,9,13-17H2,1-2H3/b11-8+,12-10+. The van der Waals surface area contributed by atoms with E-state index in [0.717, 1.165) is 12.3 Å². The van der Waals surface area contributed by atoms with Crippen LogP contribution in [0.5, 0.6) is 0 Å². The highest BCUT2D eigenvalue weighted by Crippen LogP contribution is 2.20. The van der Waals surface area contributed by atoms with Gasteiger partial charge in [-0.25, -0.2) is 0 Å². The average molecular weight is 248 g/mol. The van der Waals surface area contributed by atoms with E-state index in [1.165, 1.54) is 51.4 Å².